The van der Waals surface area contributed by atoms with Gasteiger partial charge in [0.25, 0.3) is 0 Å². The third kappa shape index (κ3) is 2.63. The Morgan fingerprint density at radius 1 is 1.10 bits per heavy atom. The van der Waals surface area contributed by atoms with Crippen molar-refractivity contribution in [2.45, 2.75) is 40.5 Å². The predicted molar refractivity (Wildman–Crippen MR) is 86.3 cm³/mol. The third-order valence-corrected chi connectivity index (χ3v) is 4.36. The number of hydrogen-bond donors (Lipinski definition) is 0. The summed E-state index contributed by atoms with van der Waals surface area (Å²) in [4.78, 5) is 23.9. The van der Waals surface area contributed by atoms with E-state index < -0.39 is 0 Å². The zero-order valence-corrected chi connectivity index (χ0v) is 13.4. The van der Waals surface area contributed by atoms with Crippen LogP contribution >= 0.6 is 0 Å². The molecule has 2 heteroatoms. The number of Topliss-reactive ketones (excluding diaryl/α,β-unsaturated/α-hetero) is 1. The number of hydrogen-bond acceptors (Lipinski definition) is 2. The number of aldehydes is 1. The van der Waals surface area contributed by atoms with Gasteiger partial charge in [0.05, 0.1) is 0 Å². The molecule has 0 fully saturated rings. The van der Waals surface area contributed by atoms with Gasteiger partial charge in [-0.2, -0.15) is 0 Å². The van der Waals surface area contributed by atoms with Gasteiger partial charge in [-0.05, 0) is 34.9 Å². The lowest BCUT2D eigenvalue weighted by molar-refractivity contribution is 0.101. The van der Waals surface area contributed by atoms with E-state index in [2.05, 4.69) is 27.7 Å². The predicted octanol–water partition coefficient (Wildman–Crippen LogP) is 4.96. The molecule has 0 saturated heterocycles. The summed E-state index contributed by atoms with van der Waals surface area (Å²) in [6, 6.07) is 9.58. The lowest BCUT2D eigenvalue weighted by Gasteiger charge is -2.28. The van der Waals surface area contributed by atoms with Crippen molar-refractivity contribution in [3.8, 4) is 11.1 Å². The Labute approximate surface area is 126 Å². The first-order chi connectivity index (χ1) is 9.79. The van der Waals surface area contributed by atoms with Crippen LogP contribution in [0.25, 0.3) is 11.1 Å². The second kappa shape index (κ2) is 5.44. The minimum Gasteiger partial charge on any atom is -0.298 e. The van der Waals surface area contributed by atoms with E-state index in [1.54, 1.807) is 6.92 Å². The second-order valence-corrected chi connectivity index (χ2v) is 6.70. The van der Waals surface area contributed by atoms with Crippen LogP contribution in [0.2, 0.25) is 0 Å². The van der Waals surface area contributed by atoms with Gasteiger partial charge in [-0.15, -0.1) is 0 Å². The van der Waals surface area contributed by atoms with Gasteiger partial charge in [0, 0.05) is 11.1 Å². The van der Waals surface area contributed by atoms with E-state index in [-0.39, 0.29) is 17.1 Å². The van der Waals surface area contributed by atoms with Crippen molar-refractivity contribution in [3.63, 3.8) is 0 Å². The Hall–Kier alpha value is -1.96. The van der Waals surface area contributed by atoms with Gasteiger partial charge in [0.2, 0.25) is 0 Å². The lowest BCUT2D eigenvalue weighted by Crippen LogP contribution is -2.18. The molecule has 0 amide bonds. The summed E-state index contributed by atoms with van der Waals surface area (Å²) >= 11 is 0. The normalized spacial score (nSPS) is 13.2. The Kier molecular flexibility index (Phi) is 3.99. The Morgan fingerprint density at radius 3 is 2.14 bits per heavy atom. The van der Waals surface area contributed by atoms with Crippen molar-refractivity contribution in [1.29, 1.82) is 0 Å². The second-order valence-electron chi connectivity index (χ2n) is 6.70. The van der Waals surface area contributed by atoms with E-state index in [1.807, 2.05) is 30.3 Å². The molecule has 1 unspecified atom stereocenters. The fraction of sp³-hybridized carbons (Fsp3) is 0.368. The standard InChI is InChI=1S/C19H22O2/c1-12(19(3,4)5)17-16(11-20)14-9-7-6-8-10-15(14)18(17)13(2)21/h6-12H,1-5H3. The highest BCUT2D eigenvalue weighted by Crippen LogP contribution is 2.45. The molecule has 0 bridgehead atoms. The summed E-state index contributed by atoms with van der Waals surface area (Å²) in [7, 11) is 0. The van der Waals surface area contributed by atoms with Crippen molar-refractivity contribution >= 4 is 12.1 Å². The van der Waals surface area contributed by atoms with E-state index in [0.717, 1.165) is 23.0 Å². The molecule has 0 spiro atoms. The summed E-state index contributed by atoms with van der Waals surface area (Å²) in [5, 5.41) is 0. The fourth-order valence-corrected chi connectivity index (χ4v) is 2.81. The molecule has 0 aliphatic heterocycles. The highest BCUT2D eigenvalue weighted by molar-refractivity contribution is 6.09. The van der Waals surface area contributed by atoms with Crippen LogP contribution in [-0.2, 0) is 0 Å². The van der Waals surface area contributed by atoms with Crippen molar-refractivity contribution in [2.24, 2.45) is 5.41 Å². The molecular weight excluding hydrogens is 260 g/mol. The number of rotatable bonds is 3. The summed E-state index contributed by atoms with van der Waals surface area (Å²) in [6.07, 6.45) is 0.895. The van der Waals surface area contributed by atoms with E-state index >= 15 is 0 Å². The smallest absolute Gasteiger partial charge is 0.160 e. The lowest BCUT2D eigenvalue weighted by atomic mass is 9.76. The summed E-state index contributed by atoms with van der Waals surface area (Å²) in [5.74, 6) is 0.139. The highest BCUT2D eigenvalue weighted by atomic mass is 16.1. The Morgan fingerprint density at radius 2 is 1.67 bits per heavy atom. The first kappa shape index (κ1) is 15.4. The maximum Gasteiger partial charge on any atom is 0.160 e. The number of carbonyl (C=O) groups excluding carboxylic acids is 2. The molecular formula is C19H22O2. The van der Waals surface area contributed by atoms with Gasteiger partial charge >= 0.3 is 0 Å². The molecule has 0 aromatic rings. The van der Waals surface area contributed by atoms with Crippen LogP contribution in [-0.4, -0.2) is 12.1 Å². The molecule has 0 heterocycles. The molecule has 2 aliphatic carbocycles. The fourth-order valence-electron chi connectivity index (χ4n) is 2.81. The van der Waals surface area contributed by atoms with Crippen LogP contribution in [0.1, 0.15) is 66.8 Å². The average Bonchev–Trinajstić information content (AvgIpc) is 2.53. The largest absolute Gasteiger partial charge is 0.298 e. The first-order valence-electron chi connectivity index (χ1n) is 7.29. The van der Waals surface area contributed by atoms with Crippen molar-refractivity contribution < 1.29 is 9.59 Å². The highest BCUT2D eigenvalue weighted by Gasteiger charge is 2.32. The maximum absolute atomic E-state index is 12.2. The van der Waals surface area contributed by atoms with Crippen LogP contribution < -0.4 is 0 Å². The molecule has 2 rings (SSSR count). The van der Waals surface area contributed by atoms with Crippen LogP contribution in [0.15, 0.2) is 30.3 Å². The van der Waals surface area contributed by atoms with Gasteiger partial charge < -0.3 is 0 Å². The zero-order valence-electron chi connectivity index (χ0n) is 13.4. The molecule has 0 saturated carbocycles. The monoisotopic (exact) mass is 282 g/mol. The molecule has 0 aromatic carbocycles. The average molecular weight is 282 g/mol. The first-order valence-corrected chi connectivity index (χ1v) is 7.29. The molecule has 2 aliphatic rings. The molecule has 0 aromatic heterocycles. The summed E-state index contributed by atoms with van der Waals surface area (Å²) in [5.41, 5.74) is 3.98. The summed E-state index contributed by atoms with van der Waals surface area (Å²) < 4.78 is 0. The molecule has 110 valence electrons. The Bertz CT molecular complexity index is 662. The van der Waals surface area contributed by atoms with E-state index in [0.29, 0.717) is 11.1 Å². The zero-order chi connectivity index (χ0) is 15.8. The van der Waals surface area contributed by atoms with Gasteiger partial charge in [0.15, 0.2) is 12.1 Å². The minimum absolute atomic E-state index is 0.0189. The minimum atomic E-state index is -0.0193. The molecule has 2 nitrogen and oxygen atoms in total. The van der Waals surface area contributed by atoms with E-state index in [4.69, 9.17) is 0 Å². The van der Waals surface area contributed by atoms with Crippen LogP contribution in [0.5, 0.6) is 0 Å². The van der Waals surface area contributed by atoms with Gasteiger partial charge in [0.1, 0.15) is 0 Å². The van der Waals surface area contributed by atoms with Crippen molar-refractivity contribution in [3.05, 3.63) is 47.0 Å². The van der Waals surface area contributed by atoms with Gasteiger partial charge in [-0.3, -0.25) is 9.59 Å². The maximum atomic E-state index is 12.2. The van der Waals surface area contributed by atoms with E-state index in [9.17, 15) is 9.59 Å². The van der Waals surface area contributed by atoms with Crippen molar-refractivity contribution in [2.75, 3.05) is 0 Å². The van der Waals surface area contributed by atoms with Crippen LogP contribution in [0.3, 0.4) is 0 Å². The van der Waals surface area contributed by atoms with Crippen LogP contribution in [0, 0.1) is 5.41 Å². The molecule has 0 radical (unpaired) electrons. The van der Waals surface area contributed by atoms with Crippen LogP contribution in [0.4, 0.5) is 0 Å². The SMILES string of the molecule is CC(=O)c1c2cccccc-2c(C=O)c1C(C)C(C)(C)C. The van der Waals surface area contributed by atoms with Gasteiger partial charge in [-0.25, -0.2) is 0 Å². The molecule has 21 heavy (non-hydrogen) atoms. The Balaban J connectivity index is 2.91. The molecule has 1 atom stereocenters. The number of carbonyl (C=O) groups is 2. The van der Waals surface area contributed by atoms with Crippen molar-refractivity contribution in [1.82, 2.24) is 0 Å². The molecule has 0 N–H and O–H groups in total. The third-order valence-electron chi connectivity index (χ3n) is 4.36. The quantitative estimate of drug-likeness (QED) is 0.589. The number of fused-ring (bicyclic) bond motifs is 1. The topological polar surface area (TPSA) is 34.1 Å². The summed E-state index contributed by atoms with van der Waals surface area (Å²) in [6.45, 7) is 10.1. The number of ketones is 1. The van der Waals surface area contributed by atoms with Gasteiger partial charge in [-0.1, -0.05) is 58.0 Å². The van der Waals surface area contributed by atoms with E-state index in [1.165, 1.54) is 0 Å².